The number of aryl methyl sites for hydroxylation is 2. The minimum atomic E-state index is -0.0390. The van der Waals surface area contributed by atoms with E-state index in [-0.39, 0.29) is 7.33 Å². The summed E-state index contributed by atoms with van der Waals surface area (Å²) in [5, 5.41) is 10.4. The van der Waals surface area contributed by atoms with Crippen molar-refractivity contribution in [1.82, 2.24) is 25.6 Å². The van der Waals surface area contributed by atoms with Crippen molar-refractivity contribution in [3.8, 4) is 22.8 Å². The molecule has 0 aliphatic heterocycles. The highest BCUT2D eigenvalue weighted by Gasteiger charge is 2.06. The molecule has 0 fully saturated rings. The topological polar surface area (TPSA) is 133 Å². The van der Waals surface area contributed by atoms with Crippen molar-refractivity contribution in [2.24, 2.45) is 5.73 Å². The number of rotatable bonds is 5. The summed E-state index contributed by atoms with van der Waals surface area (Å²) in [6.07, 6.45) is 0. The van der Waals surface area contributed by atoms with Gasteiger partial charge < -0.3 is 20.1 Å². The molecule has 0 atom stereocenters. The predicted molar refractivity (Wildman–Crippen MR) is 116 cm³/mol. The molecule has 0 saturated carbocycles. The molecule has 4 rings (SSSR count). The molecule has 0 aliphatic carbocycles. The van der Waals surface area contributed by atoms with Crippen LogP contribution in [0.3, 0.4) is 0 Å². The lowest BCUT2D eigenvalue weighted by molar-refractivity contribution is -0.119. The summed E-state index contributed by atoms with van der Waals surface area (Å²) >= 11 is 0. The van der Waals surface area contributed by atoms with Gasteiger partial charge in [0.05, 0.1) is 0 Å². The van der Waals surface area contributed by atoms with Crippen molar-refractivity contribution in [2.45, 2.75) is 33.9 Å². The summed E-state index contributed by atoms with van der Waals surface area (Å²) in [6, 6.07) is 15.5. The fourth-order valence-electron chi connectivity index (χ4n) is 2.62. The highest BCUT2D eigenvalue weighted by Crippen LogP contribution is 2.17. The van der Waals surface area contributed by atoms with E-state index >= 15 is 0 Å². The quantitative estimate of drug-likeness (QED) is 0.500. The maximum absolute atomic E-state index is 10.8. The summed E-state index contributed by atoms with van der Waals surface area (Å²) in [7, 11) is 0. The Bertz CT molecular complexity index is 1120. The third-order valence-corrected chi connectivity index (χ3v) is 4.26. The first-order chi connectivity index (χ1) is 14.9. The van der Waals surface area contributed by atoms with Crippen molar-refractivity contribution in [1.29, 1.82) is 0 Å². The van der Waals surface area contributed by atoms with Gasteiger partial charge in [0.25, 0.3) is 0 Å². The van der Waals surface area contributed by atoms with Crippen LogP contribution in [-0.2, 0) is 17.9 Å². The highest BCUT2D eigenvalue weighted by atomic mass is 16.5. The zero-order valence-corrected chi connectivity index (χ0v) is 17.6. The second-order valence-corrected chi connectivity index (χ2v) is 6.78. The number of carbonyl (C=O) groups excluding carboxylic acids is 1. The zero-order valence-electron chi connectivity index (χ0n) is 17.6. The molecule has 0 saturated heterocycles. The molecule has 2 aromatic heterocycles. The lowest BCUT2D eigenvalue weighted by Crippen LogP contribution is -2.18. The standard InChI is InChI=1S/C12H13N3O2.C10H11N3O.H2/c1-8(16)13-7-10-3-5-11(6-4-10)12-14-9(2)17-15-12;1-7-12-10(13-14-7)9-4-2-8(6-11)3-5-9;/h3-6H,7H2,1-2H3,(H,13,16);2-5H,6,11H2,1H3;1H. The average molecular weight is 422 g/mol. The van der Waals surface area contributed by atoms with E-state index < -0.39 is 0 Å². The smallest absolute Gasteiger partial charge is 0.223 e. The SMILES string of the molecule is CC(=O)NCc1ccc(-c2noc(C)n2)cc1.Cc1nc(-c2ccc(CN)cc2)no1.[HH]. The van der Waals surface area contributed by atoms with E-state index in [0.29, 0.717) is 36.5 Å². The molecule has 31 heavy (non-hydrogen) atoms. The Morgan fingerprint density at radius 1 is 0.871 bits per heavy atom. The first kappa shape index (κ1) is 21.8. The van der Waals surface area contributed by atoms with E-state index in [1.807, 2.05) is 48.5 Å². The van der Waals surface area contributed by atoms with Crippen molar-refractivity contribution < 1.29 is 15.3 Å². The Morgan fingerprint density at radius 2 is 1.32 bits per heavy atom. The third-order valence-electron chi connectivity index (χ3n) is 4.26. The Morgan fingerprint density at radius 3 is 1.68 bits per heavy atom. The second kappa shape index (κ2) is 10.3. The maximum Gasteiger partial charge on any atom is 0.223 e. The van der Waals surface area contributed by atoms with Crippen LogP contribution in [0.5, 0.6) is 0 Å². The summed E-state index contributed by atoms with van der Waals surface area (Å²) < 4.78 is 9.80. The number of aromatic nitrogens is 4. The van der Waals surface area contributed by atoms with Gasteiger partial charge in [-0.3, -0.25) is 4.79 Å². The van der Waals surface area contributed by atoms with Crippen LogP contribution in [0.15, 0.2) is 57.6 Å². The number of nitrogens with zero attached hydrogens (tertiary/aromatic N) is 4. The van der Waals surface area contributed by atoms with Gasteiger partial charge in [0.2, 0.25) is 29.3 Å². The van der Waals surface area contributed by atoms with Crippen LogP contribution in [-0.4, -0.2) is 26.2 Å². The highest BCUT2D eigenvalue weighted by molar-refractivity contribution is 5.72. The van der Waals surface area contributed by atoms with Crippen LogP contribution in [0.1, 0.15) is 31.3 Å². The van der Waals surface area contributed by atoms with Crippen molar-refractivity contribution in [2.75, 3.05) is 0 Å². The number of hydrogen-bond acceptors (Lipinski definition) is 8. The molecule has 4 aromatic rings. The van der Waals surface area contributed by atoms with Gasteiger partial charge in [-0.15, -0.1) is 0 Å². The largest absolute Gasteiger partial charge is 0.352 e. The van der Waals surface area contributed by atoms with Crippen LogP contribution in [0.2, 0.25) is 0 Å². The molecule has 0 bridgehead atoms. The van der Waals surface area contributed by atoms with Crippen LogP contribution in [0.25, 0.3) is 22.8 Å². The molecular formula is C22H26N6O3. The molecule has 2 heterocycles. The molecule has 0 spiro atoms. The molecule has 3 N–H and O–H groups in total. The number of hydrogen-bond donors (Lipinski definition) is 2. The van der Waals surface area contributed by atoms with Crippen LogP contribution < -0.4 is 11.1 Å². The molecule has 0 aliphatic rings. The Balaban J connectivity index is 0.000000224. The maximum atomic E-state index is 10.8. The summed E-state index contributed by atoms with van der Waals surface area (Å²) in [5.41, 5.74) is 9.46. The van der Waals surface area contributed by atoms with E-state index in [9.17, 15) is 4.79 Å². The van der Waals surface area contributed by atoms with Gasteiger partial charge in [-0.1, -0.05) is 58.8 Å². The molecule has 0 radical (unpaired) electrons. The molecule has 1 amide bonds. The van der Waals surface area contributed by atoms with Gasteiger partial charge in [-0.2, -0.15) is 9.97 Å². The second-order valence-electron chi connectivity index (χ2n) is 6.78. The van der Waals surface area contributed by atoms with Gasteiger partial charge in [0.15, 0.2) is 0 Å². The Hall–Kier alpha value is -3.85. The van der Waals surface area contributed by atoms with Crippen LogP contribution >= 0.6 is 0 Å². The lowest BCUT2D eigenvalue weighted by atomic mass is 10.1. The number of benzene rings is 2. The predicted octanol–water partition coefficient (Wildman–Crippen LogP) is 3.43. The van der Waals surface area contributed by atoms with Gasteiger partial charge in [-0.05, 0) is 11.1 Å². The molecule has 9 nitrogen and oxygen atoms in total. The zero-order chi connectivity index (χ0) is 22.2. The van der Waals surface area contributed by atoms with E-state index in [1.165, 1.54) is 6.92 Å². The minimum absolute atomic E-state index is 0. The summed E-state index contributed by atoms with van der Waals surface area (Å²) in [6.45, 7) is 6.09. The molecular weight excluding hydrogens is 396 g/mol. The number of carbonyl (C=O) groups is 1. The average Bonchev–Trinajstić information content (AvgIpc) is 3.41. The van der Waals surface area contributed by atoms with Gasteiger partial charge in [-0.25, -0.2) is 0 Å². The van der Waals surface area contributed by atoms with E-state index in [4.69, 9.17) is 14.8 Å². The number of amides is 1. The van der Waals surface area contributed by atoms with Crippen LogP contribution in [0, 0.1) is 13.8 Å². The summed E-state index contributed by atoms with van der Waals surface area (Å²) in [4.78, 5) is 19.0. The monoisotopic (exact) mass is 422 g/mol. The molecule has 2 aromatic carbocycles. The lowest BCUT2D eigenvalue weighted by Gasteiger charge is -2.02. The fraction of sp³-hybridized carbons (Fsp3) is 0.227. The van der Waals surface area contributed by atoms with Gasteiger partial charge in [0.1, 0.15) is 0 Å². The van der Waals surface area contributed by atoms with E-state index in [1.54, 1.807) is 13.8 Å². The normalized spacial score (nSPS) is 10.3. The fourth-order valence-corrected chi connectivity index (χ4v) is 2.62. The minimum Gasteiger partial charge on any atom is -0.352 e. The molecule has 9 heteroatoms. The van der Waals surface area contributed by atoms with Gasteiger partial charge in [0, 0.05) is 46.4 Å². The van der Waals surface area contributed by atoms with Crippen molar-refractivity contribution in [3.63, 3.8) is 0 Å². The number of nitrogens with two attached hydrogens (primary N) is 1. The van der Waals surface area contributed by atoms with Gasteiger partial charge >= 0.3 is 0 Å². The molecule has 162 valence electrons. The Kier molecular flexibility index (Phi) is 7.23. The van der Waals surface area contributed by atoms with Crippen LogP contribution in [0.4, 0.5) is 0 Å². The first-order valence-corrected chi connectivity index (χ1v) is 9.68. The van der Waals surface area contributed by atoms with Crippen molar-refractivity contribution in [3.05, 3.63) is 71.4 Å². The third kappa shape index (κ3) is 6.31. The van der Waals surface area contributed by atoms with E-state index in [0.717, 1.165) is 22.3 Å². The molecule has 0 unspecified atom stereocenters. The summed E-state index contributed by atoms with van der Waals surface area (Å²) in [5.74, 6) is 2.27. The number of nitrogens with one attached hydrogen (secondary N) is 1. The first-order valence-electron chi connectivity index (χ1n) is 9.68. The Labute approximate surface area is 181 Å². The van der Waals surface area contributed by atoms with E-state index in [2.05, 4.69) is 25.6 Å². The van der Waals surface area contributed by atoms with Crippen molar-refractivity contribution >= 4 is 5.91 Å².